The number of hydrogen-bond acceptors (Lipinski definition) is 5. The minimum Gasteiger partial charge on any atom is -0.405 e. The SMILES string of the molecule is C#CC1CC(=O)N(c2nnc(C3CCCO3)o2)C1. The number of nitrogens with zero attached hydrogens (tertiary/aromatic N) is 3. The number of carbonyl (C=O) groups is 1. The van der Waals surface area contributed by atoms with E-state index in [-0.39, 0.29) is 23.9 Å². The third-order valence-corrected chi connectivity index (χ3v) is 3.23. The molecule has 1 amide bonds. The molecule has 2 aliphatic rings. The first-order chi connectivity index (χ1) is 8.78. The highest BCUT2D eigenvalue weighted by Crippen LogP contribution is 2.30. The minimum absolute atomic E-state index is 0.0690. The molecule has 0 radical (unpaired) electrons. The van der Waals surface area contributed by atoms with Gasteiger partial charge in [0, 0.05) is 25.5 Å². The van der Waals surface area contributed by atoms with Gasteiger partial charge in [0.2, 0.25) is 11.8 Å². The van der Waals surface area contributed by atoms with Crippen LogP contribution in [0.3, 0.4) is 0 Å². The molecule has 2 aliphatic heterocycles. The fourth-order valence-corrected chi connectivity index (χ4v) is 2.24. The van der Waals surface area contributed by atoms with Gasteiger partial charge >= 0.3 is 6.01 Å². The smallest absolute Gasteiger partial charge is 0.325 e. The van der Waals surface area contributed by atoms with E-state index in [1.807, 2.05) is 0 Å². The standard InChI is InChI=1S/C12H13N3O3/c1-2-8-6-10(16)15(7-8)12-14-13-11(18-12)9-4-3-5-17-9/h1,8-9H,3-7H2. The van der Waals surface area contributed by atoms with E-state index in [2.05, 4.69) is 16.1 Å². The number of amides is 1. The Kier molecular flexibility index (Phi) is 2.76. The van der Waals surface area contributed by atoms with Gasteiger partial charge in [-0.1, -0.05) is 5.10 Å². The number of terminal acetylenes is 1. The van der Waals surface area contributed by atoms with E-state index < -0.39 is 0 Å². The highest BCUT2D eigenvalue weighted by molar-refractivity contribution is 5.94. The molecule has 1 aromatic rings. The summed E-state index contributed by atoms with van der Waals surface area (Å²) in [5.74, 6) is 2.88. The van der Waals surface area contributed by atoms with Crippen molar-refractivity contribution < 1.29 is 13.9 Å². The van der Waals surface area contributed by atoms with Crippen LogP contribution in [0, 0.1) is 18.3 Å². The van der Waals surface area contributed by atoms with Crippen molar-refractivity contribution in [2.75, 3.05) is 18.1 Å². The molecule has 1 aromatic heterocycles. The third kappa shape index (κ3) is 1.87. The number of carbonyl (C=O) groups excluding carboxylic acids is 1. The maximum Gasteiger partial charge on any atom is 0.325 e. The third-order valence-electron chi connectivity index (χ3n) is 3.23. The van der Waals surface area contributed by atoms with E-state index in [9.17, 15) is 4.79 Å². The second kappa shape index (κ2) is 4.42. The molecule has 3 rings (SSSR count). The van der Waals surface area contributed by atoms with Crippen molar-refractivity contribution in [3.63, 3.8) is 0 Å². The largest absolute Gasteiger partial charge is 0.405 e. The normalized spacial score (nSPS) is 27.7. The zero-order valence-corrected chi connectivity index (χ0v) is 9.83. The highest BCUT2D eigenvalue weighted by atomic mass is 16.5. The van der Waals surface area contributed by atoms with Crippen LogP contribution in [0.1, 0.15) is 31.3 Å². The summed E-state index contributed by atoms with van der Waals surface area (Å²) in [4.78, 5) is 13.2. The van der Waals surface area contributed by atoms with Gasteiger partial charge in [-0.2, -0.15) is 0 Å². The van der Waals surface area contributed by atoms with E-state index in [0.717, 1.165) is 12.8 Å². The van der Waals surface area contributed by atoms with Crippen LogP contribution >= 0.6 is 0 Å². The van der Waals surface area contributed by atoms with Crippen molar-refractivity contribution in [3.8, 4) is 12.3 Å². The average Bonchev–Trinajstić information content (AvgIpc) is 3.08. The van der Waals surface area contributed by atoms with Crippen LogP contribution in [0.25, 0.3) is 0 Å². The van der Waals surface area contributed by atoms with Crippen molar-refractivity contribution in [1.29, 1.82) is 0 Å². The maximum absolute atomic E-state index is 11.7. The summed E-state index contributed by atoms with van der Waals surface area (Å²) in [6.07, 6.45) is 7.40. The summed E-state index contributed by atoms with van der Waals surface area (Å²) in [5.41, 5.74) is 0. The summed E-state index contributed by atoms with van der Waals surface area (Å²) in [5, 5.41) is 7.84. The predicted molar refractivity (Wildman–Crippen MR) is 61.5 cm³/mol. The van der Waals surface area contributed by atoms with E-state index in [1.54, 1.807) is 0 Å². The van der Waals surface area contributed by atoms with Gasteiger partial charge in [-0.25, -0.2) is 0 Å². The molecule has 2 saturated heterocycles. The summed E-state index contributed by atoms with van der Waals surface area (Å²) in [6.45, 7) is 1.16. The van der Waals surface area contributed by atoms with Crippen LogP contribution in [0.2, 0.25) is 0 Å². The van der Waals surface area contributed by atoms with Crippen LogP contribution in [0.5, 0.6) is 0 Å². The van der Waals surface area contributed by atoms with Crippen molar-refractivity contribution in [2.45, 2.75) is 25.4 Å². The lowest BCUT2D eigenvalue weighted by Crippen LogP contribution is -2.24. The molecule has 3 heterocycles. The van der Waals surface area contributed by atoms with Crippen LogP contribution in [-0.2, 0) is 9.53 Å². The Morgan fingerprint density at radius 1 is 1.44 bits per heavy atom. The van der Waals surface area contributed by atoms with E-state index in [4.69, 9.17) is 15.6 Å². The van der Waals surface area contributed by atoms with Crippen LogP contribution < -0.4 is 4.90 Å². The first-order valence-corrected chi connectivity index (χ1v) is 5.99. The molecular weight excluding hydrogens is 234 g/mol. The van der Waals surface area contributed by atoms with Gasteiger partial charge in [0.25, 0.3) is 0 Å². The monoisotopic (exact) mass is 247 g/mol. The van der Waals surface area contributed by atoms with Gasteiger partial charge < -0.3 is 9.15 Å². The lowest BCUT2D eigenvalue weighted by atomic mass is 10.1. The summed E-state index contributed by atoms with van der Waals surface area (Å²) in [6, 6.07) is 0.225. The zero-order valence-electron chi connectivity index (χ0n) is 9.83. The number of aromatic nitrogens is 2. The Morgan fingerprint density at radius 2 is 2.33 bits per heavy atom. The van der Waals surface area contributed by atoms with Gasteiger partial charge in [0.05, 0.1) is 0 Å². The molecule has 2 unspecified atom stereocenters. The van der Waals surface area contributed by atoms with Gasteiger partial charge in [0.15, 0.2) is 0 Å². The van der Waals surface area contributed by atoms with Gasteiger partial charge in [-0.3, -0.25) is 9.69 Å². The molecule has 0 aliphatic carbocycles. The van der Waals surface area contributed by atoms with Crippen LogP contribution in [0.15, 0.2) is 4.42 Å². The molecule has 0 bridgehead atoms. The van der Waals surface area contributed by atoms with Crippen molar-refractivity contribution in [2.24, 2.45) is 5.92 Å². The van der Waals surface area contributed by atoms with Crippen molar-refractivity contribution in [1.82, 2.24) is 10.2 Å². The van der Waals surface area contributed by atoms with E-state index in [1.165, 1.54) is 4.90 Å². The number of ether oxygens (including phenoxy) is 1. The summed E-state index contributed by atoms with van der Waals surface area (Å²) < 4.78 is 11.0. The Balaban J connectivity index is 1.77. The molecule has 6 heteroatoms. The Morgan fingerprint density at radius 3 is 3.00 bits per heavy atom. The molecule has 6 nitrogen and oxygen atoms in total. The fourth-order valence-electron chi connectivity index (χ4n) is 2.24. The quantitative estimate of drug-likeness (QED) is 0.726. The second-order valence-electron chi connectivity index (χ2n) is 4.50. The molecule has 94 valence electrons. The van der Waals surface area contributed by atoms with E-state index >= 15 is 0 Å². The first-order valence-electron chi connectivity index (χ1n) is 5.99. The van der Waals surface area contributed by atoms with Crippen molar-refractivity contribution in [3.05, 3.63) is 5.89 Å². The maximum atomic E-state index is 11.7. The lowest BCUT2D eigenvalue weighted by molar-refractivity contribution is -0.117. The molecule has 18 heavy (non-hydrogen) atoms. The first kappa shape index (κ1) is 11.2. The number of anilines is 1. The molecule has 2 atom stereocenters. The topological polar surface area (TPSA) is 68.5 Å². The van der Waals surface area contributed by atoms with Crippen LogP contribution in [0.4, 0.5) is 6.01 Å². The van der Waals surface area contributed by atoms with Gasteiger partial charge in [0.1, 0.15) is 6.10 Å². The van der Waals surface area contributed by atoms with Gasteiger partial charge in [-0.15, -0.1) is 17.4 Å². The molecular formula is C12H13N3O3. The lowest BCUT2D eigenvalue weighted by Gasteiger charge is -2.09. The zero-order chi connectivity index (χ0) is 12.5. The fraction of sp³-hybridized carbons (Fsp3) is 0.583. The highest BCUT2D eigenvalue weighted by Gasteiger charge is 2.34. The number of rotatable bonds is 2. The van der Waals surface area contributed by atoms with Crippen LogP contribution in [-0.4, -0.2) is 29.3 Å². The average molecular weight is 247 g/mol. The molecule has 0 saturated carbocycles. The minimum atomic E-state index is -0.132. The summed E-state index contributed by atoms with van der Waals surface area (Å²) in [7, 11) is 0. The molecule has 0 aromatic carbocycles. The second-order valence-corrected chi connectivity index (χ2v) is 4.50. The summed E-state index contributed by atoms with van der Waals surface area (Å²) >= 11 is 0. The molecule has 0 spiro atoms. The number of hydrogen-bond donors (Lipinski definition) is 0. The predicted octanol–water partition coefficient (Wildman–Crippen LogP) is 0.907. The Hall–Kier alpha value is -1.87. The Labute approximate surface area is 104 Å². The molecule has 0 N–H and O–H groups in total. The van der Waals surface area contributed by atoms with Gasteiger partial charge in [-0.05, 0) is 12.8 Å². The molecule has 2 fully saturated rings. The van der Waals surface area contributed by atoms with Crippen molar-refractivity contribution >= 4 is 11.9 Å². The Bertz CT molecular complexity index is 499. The van der Waals surface area contributed by atoms with E-state index in [0.29, 0.717) is 25.5 Å².